The number of nitrogens with zero attached hydrogens (tertiary/aromatic N) is 3. The summed E-state index contributed by atoms with van der Waals surface area (Å²) in [7, 11) is 0. The van der Waals surface area contributed by atoms with Crippen molar-refractivity contribution in [3.8, 4) is 0 Å². The van der Waals surface area contributed by atoms with Gasteiger partial charge in [0, 0.05) is 6.54 Å². The standard InChI is InChI=1S/C8H12N4O2/c1-5-6-10-11-7(8(13)14)12(6)4-2-3-9-5/h5,9H,2-4H2,1H3,(H,13,14)/t5-/m0/s1. The van der Waals surface area contributed by atoms with Crippen molar-refractivity contribution in [1.82, 2.24) is 20.1 Å². The van der Waals surface area contributed by atoms with Gasteiger partial charge in [0.1, 0.15) is 5.82 Å². The molecule has 14 heavy (non-hydrogen) atoms. The number of nitrogens with one attached hydrogen (secondary N) is 1. The molecule has 1 aliphatic rings. The van der Waals surface area contributed by atoms with Crippen LogP contribution in [0.3, 0.4) is 0 Å². The van der Waals surface area contributed by atoms with E-state index in [1.807, 2.05) is 6.92 Å². The normalized spacial score (nSPS) is 21.4. The van der Waals surface area contributed by atoms with Gasteiger partial charge in [-0.1, -0.05) is 0 Å². The van der Waals surface area contributed by atoms with Crippen molar-refractivity contribution in [2.24, 2.45) is 0 Å². The van der Waals surface area contributed by atoms with E-state index in [4.69, 9.17) is 5.11 Å². The first-order valence-electron chi connectivity index (χ1n) is 4.60. The molecule has 0 aromatic carbocycles. The minimum absolute atomic E-state index is 0.0375. The summed E-state index contributed by atoms with van der Waals surface area (Å²) in [4.78, 5) is 10.8. The molecule has 1 atom stereocenters. The second-order valence-corrected chi connectivity index (χ2v) is 3.37. The van der Waals surface area contributed by atoms with Crippen molar-refractivity contribution in [1.29, 1.82) is 0 Å². The Kier molecular flexibility index (Phi) is 2.20. The van der Waals surface area contributed by atoms with E-state index in [0.717, 1.165) is 13.0 Å². The zero-order valence-electron chi connectivity index (χ0n) is 7.90. The van der Waals surface area contributed by atoms with Gasteiger partial charge in [-0.05, 0) is 19.9 Å². The van der Waals surface area contributed by atoms with E-state index < -0.39 is 5.97 Å². The number of aromatic nitrogens is 3. The lowest BCUT2D eigenvalue weighted by molar-refractivity contribution is 0.0677. The molecule has 2 heterocycles. The molecule has 1 aromatic heterocycles. The largest absolute Gasteiger partial charge is 0.475 e. The van der Waals surface area contributed by atoms with Gasteiger partial charge in [-0.15, -0.1) is 10.2 Å². The van der Waals surface area contributed by atoms with Crippen LogP contribution in [0.4, 0.5) is 0 Å². The van der Waals surface area contributed by atoms with Crippen molar-refractivity contribution in [3.63, 3.8) is 0 Å². The predicted octanol–water partition coefficient (Wildman–Crippen LogP) is 0.0306. The first-order chi connectivity index (χ1) is 6.70. The third-order valence-electron chi connectivity index (χ3n) is 2.37. The molecule has 0 unspecified atom stereocenters. The average molecular weight is 196 g/mol. The Balaban J connectivity index is 2.44. The molecular formula is C8H12N4O2. The van der Waals surface area contributed by atoms with Gasteiger partial charge in [0.2, 0.25) is 5.82 Å². The Labute approximate surface area is 80.9 Å². The maximum absolute atomic E-state index is 10.8. The van der Waals surface area contributed by atoms with Gasteiger partial charge >= 0.3 is 5.97 Å². The molecule has 1 aromatic rings. The van der Waals surface area contributed by atoms with E-state index in [-0.39, 0.29) is 11.9 Å². The van der Waals surface area contributed by atoms with Gasteiger partial charge < -0.3 is 15.0 Å². The summed E-state index contributed by atoms with van der Waals surface area (Å²) in [6, 6.07) is 0.0677. The van der Waals surface area contributed by atoms with Crippen LogP contribution < -0.4 is 5.32 Å². The lowest BCUT2D eigenvalue weighted by Crippen LogP contribution is -2.19. The first kappa shape index (κ1) is 9.14. The third-order valence-corrected chi connectivity index (χ3v) is 2.37. The smallest absolute Gasteiger partial charge is 0.374 e. The molecule has 6 heteroatoms. The summed E-state index contributed by atoms with van der Waals surface area (Å²) in [6.45, 7) is 3.50. The van der Waals surface area contributed by atoms with Gasteiger partial charge in [0.05, 0.1) is 6.04 Å². The van der Waals surface area contributed by atoms with Crippen LogP contribution in [-0.2, 0) is 6.54 Å². The van der Waals surface area contributed by atoms with E-state index in [9.17, 15) is 4.79 Å². The maximum Gasteiger partial charge on any atom is 0.374 e. The minimum Gasteiger partial charge on any atom is -0.475 e. The average Bonchev–Trinajstić information content (AvgIpc) is 2.48. The molecule has 0 spiro atoms. The number of carboxylic acid groups (broad SMARTS) is 1. The number of rotatable bonds is 1. The van der Waals surface area contributed by atoms with Crippen LogP contribution in [0.5, 0.6) is 0 Å². The Morgan fingerprint density at radius 1 is 1.64 bits per heavy atom. The fourth-order valence-corrected chi connectivity index (χ4v) is 1.66. The van der Waals surface area contributed by atoms with Crippen LogP contribution in [0.15, 0.2) is 0 Å². The molecule has 0 fully saturated rings. The predicted molar refractivity (Wildman–Crippen MR) is 48.0 cm³/mol. The van der Waals surface area contributed by atoms with Crippen molar-refractivity contribution >= 4 is 5.97 Å². The summed E-state index contributed by atoms with van der Waals surface area (Å²) in [6.07, 6.45) is 0.898. The zero-order valence-corrected chi connectivity index (χ0v) is 7.90. The van der Waals surface area contributed by atoms with Crippen LogP contribution in [0.2, 0.25) is 0 Å². The van der Waals surface area contributed by atoms with Crippen molar-refractivity contribution < 1.29 is 9.90 Å². The Bertz CT molecular complexity index is 360. The number of hydrogen-bond acceptors (Lipinski definition) is 4. The van der Waals surface area contributed by atoms with Gasteiger partial charge in [-0.25, -0.2) is 4.79 Å². The Hall–Kier alpha value is -1.43. The number of carbonyl (C=O) groups is 1. The van der Waals surface area contributed by atoms with Crippen LogP contribution in [0.25, 0.3) is 0 Å². The summed E-state index contributed by atoms with van der Waals surface area (Å²) in [5, 5.41) is 19.7. The summed E-state index contributed by atoms with van der Waals surface area (Å²) >= 11 is 0. The quantitative estimate of drug-likeness (QED) is 0.662. The zero-order chi connectivity index (χ0) is 10.1. The first-order valence-corrected chi connectivity index (χ1v) is 4.60. The number of aromatic carboxylic acids is 1. The van der Waals surface area contributed by atoms with E-state index >= 15 is 0 Å². The SMILES string of the molecule is C[C@@H]1NCCCn2c(C(=O)O)nnc21. The molecule has 6 nitrogen and oxygen atoms in total. The van der Waals surface area contributed by atoms with E-state index in [0.29, 0.717) is 12.4 Å². The fraction of sp³-hybridized carbons (Fsp3) is 0.625. The number of hydrogen-bond donors (Lipinski definition) is 2. The van der Waals surface area contributed by atoms with E-state index in [2.05, 4.69) is 15.5 Å². The minimum atomic E-state index is -1.02. The molecule has 0 bridgehead atoms. The molecule has 0 aliphatic carbocycles. The van der Waals surface area contributed by atoms with Gasteiger partial charge in [-0.3, -0.25) is 0 Å². The highest BCUT2D eigenvalue weighted by Gasteiger charge is 2.22. The molecule has 2 rings (SSSR count). The molecule has 0 radical (unpaired) electrons. The highest BCUT2D eigenvalue weighted by Crippen LogP contribution is 2.15. The second kappa shape index (κ2) is 3.38. The number of carboxylic acids is 1. The van der Waals surface area contributed by atoms with Gasteiger partial charge in [0.15, 0.2) is 0 Å². The molecule has 1 aliphatic heterocycles. The summed E-state index contributed by atoms with van der Waals surface area (Å²) in [5.74, 6) is -0.270. The van der Waals surface area contributed by atoms with Crippen molar-refractivity contribution in [3.05, 3.63) is 11.6 Å². The van der Waals surface area contributed by atoms with Crippen molar-refractivity contribution in [2.45, 2.75) is 25.9 Å². The van der Waals surface area contributed by atoms with E-state index in [1.54, 1.807) is 4.57 Å². The fourth-order valence-electron chi connectivity index (χ4n) is 1.66. The lowest BCUT2D eigenvalue weighted by Gasteiger charge is -2.08. The molecular weight excluding hydrogens is 184 g/mol. The Morgan fingerprint density at radius 3 is 3.14 bits per heavy atom. The van der Waals surface area contributed by atoms with Crippen LogP contribution in [-0.4, -0.2) is 32.4 Å². The van der Waals surface area contributed by atoms with Crippen LogP contribution in [0.1, 0.15) is 35.8 Å². The Morgan fingerprint density at radius 2 is 2.43 bits per heavy atom. The summed E-state index contributed by atoms with van der Waals surface area (Å²) < 4.78 is 1.67. The van der Waals surface area contributed by atoms with Gasteiger partial charge in [0.25, 0.3) is 0 Å². The lowest BCUT2D eigenvalue weighted by atomic mass is 10.3. The third kappa shape index (κ3) is 1.37. The molecule has 0 amide bonds. The molecule has 76 valence electrons. The monoisotopic (exact) mass is 196 g/mol. The van der Waals surface area contributed by atoms with E-state index in [1.165, 1.54) is 0 Å². The maximum atomic E-state index is 10.8. The highest BCUT2D eigenvalue weighted by molar-refractivity contribution is 5.83. The molecule has 0 saturated carbocycles. The summed E-state index contributed by atoms with van der Waals surface area (Å²) in [5.41, 5.74) is 0. The highest BCUT2D eigenvalue weighted by atomic mass is 16.4. The number of fused-ring (bicyclic) bond motifs is 1. The molecule has 2 N–H and O–H groups in total. The topological polar surface area (TPSA) is 80.0 Å². The van der Waals surface area contributed by atoms with Gasteiger partial charge in [-0.2, -0.15) is 0 Å². The van der Waals surface area contributed by atoms with Crippen LogP contribution in [0, 0.1) is 0 Å². The second-order valence-electron chi connectivity index (χ2n) is 3.37. The van der Waals surface area contributed by atoms with Crippen LogP contribution >= 0.6 is 0 Å². The molecule has 0 saturated heterocycles. The van der Waals surface area contributed by atoms with Crippen molar-refractivity contribution in [2.75, 3.05) is 6.54 Å².